The Morgan fingerprint density at radius 3 is 3.00 bits per heavy atom. The maximum Gasteiger partial charge on any atom is 0.0795 e. The zero-order chi connectivity index (χ0) is 10.6. The molecule has 1 aliphatic rings. The third-order valence-corrected chi connectivity index (χ3v) is 3.39. The van der Waals surface area contributed by atoms with Gasteiger partial charge in [-0.25, -0.2) is 4.98 Å². The average Bonchev–Trinajstić information content (AvgIpc) is 2.71. The molecule has 1 aromatic rings. The van der Waals surface area contributed by atoms with E-state index >= 15 is 0 Å². The Bertz CT molecular complexity index is 283. The van der Waals surface area contributed by atoms with Gasteiger partial charge in [-0.05, 0) is 12.8 Å². The molecular formula is C10H17N3OS. The zero-order valence-corrected chi connectivity index (χ0v) is 9.55. The van der Waals surface area contributed by atoms with E-state index in [1.807, 2.05) is 5.51 Å². The van der Waals surface area contributed by atoms with Crippen LogP contribution in [0.4, 0.5) is 0 Å². The first kappa shape index (κ1) is 11.0. The summed E-state index contributed by atoms with van der Waals surface area (Å²) in [5, 5.41) is 5.42. The van der Waals surface area contributed by atoms with Crippen molar-refractivity contribution in [2.45, 2.75) is 24.9 Å². The van der Waals surface area contributed by atoms with E-state index in [0.29, 0.717) is 0 Å². The molecule has 0 saturated carbocycles. The molecule has 1 saturated heterocycles. The Morgan fingerprint density at radius 1 is 1.53 bits per heavy atom. The topological polar surface area (TPSA) is 60.2 Å². The van der Waals surface area contributed by atoms with E-state index in [-0.39, 0.29) is 5.54 Å². The number of rotatable bonds is 4. The lowest BCUT2D eigenvalue weighted by Gasteiger charge is -2.33. The zero-order valence-electron chi connectivity index (χ0n) is 8.74. The molecule has 3 N–H and O–H groups in total. The maximum absolute atomic E-state index is 6.24. The van der Waals surface area contributed by atoms with Crippen molar-refractivity contribution >= 4 is 11.3 Å². The molecule has 0 amide bonds. The summed E-state index contributed by atoms with van der Waals surface area (Å²) in [4.78, 5) is 4.21. The van der Waals surface area contributed by atoms with E-state index in [1.54, 1.807) is 11.3 Å². The van der Waals surface area contributed by atoms with Crippen molar-refractivity contribution in [1.82, 2.24) is 10.3 Å². The van der Waals surface area contributed by atoms with Crippen molar-refractivity contribution in [3.8, 4) is 0 Å². The molecule has 0 aliphatic carbocycles. The van der Waals surface area contributed by atoms with Crippen LogP contribution in [0.15, 0.2) is 10.9 Å². The number of ether oxygens (including phenoxy) is 1. The van der Waals surface area contributed by atoms with Crippen molar-refractivity contribution < 1.29 is 4.74 Å². The molecule has 4 nitrogen and oxygen atoms in total. The van der Waals surface area contributed by atoms with Gasteiger partial charge in [-0.15, -0.1) is 11.3 Å². The number of nitrogens with two attached hydrogens (primary N) is 1. The molecule has 0 aromatic carbocycles. The fraction of sp³-hybridized carbons (Fsp3) is 0.700. The van der Waals surface area contributed by atoms with Crippen LogP contribution in [0, 0.1) is 0 Å². The molecule has 1 aromatic heterocycles. The molecule has 0 atom stereocenters. The van der Waals surface area contributed by atoms with E-state index in [9.17, 15) is 0 Å². The summed E-state index contributed by atoms with van der Waals surface area (Å²) in [7, 11) is 0. The Morgan fingerprint density at radius 2 is 2.33 bits per heavy atom. The lowest BCUT2D eigenvalue weighted by atomic mass is 9.91. The van der Waals surface area contributed by atoms with Crippen molar-refractivity contribution in [3.63, 3.8) is 0 Å². The normalized spacial score (nSPS) is 20.3. The van der Waals surface area contributed by atoms with Gasteiger partial charge in [0.1, 0.15) is 0 Å². The maximum atomic E-state index is 6.24. The van der Waals surface area contributed by atoms with Gasteiger partial charge in [-0.2, -0.15) is 0 Å². The van der Waals surface area contributed by atoms with Crippen LogP contribution < -0.4 is 11.1 Å². The van der Waals surface area contributed by atoms with Crippen molar-refractivity contribution in [3.05, 3.63) is 16.6 Å². The summed E-state index contributed by atoms with van der Waals surface area (Å²) in [6, 6.07) is 0. The predicted molar refractivity (Wildman–Crippen MR) is 60.8 cm³/mol. The average molecular weight is 227 g/mol. The van der Waals surface area contributed by atoms with Crippen molar-refractivity contribution in [2.75, 3.05) is 19.8 Å². The summed E-state index contributed by atoms with van der Waals surface area (Å²) < 4.78 is 5.30. The number of nitrogens with one attached hydrogen (secondary N) is 1. The molecule has 0 bridgehead atoms. The minimum Gasteiger partial charge on any atom is -0.381 e. The van der Waals surface area contributed by atoms with E-state index in [2.05, 4.69) is 15.7 Å². The van der Waals surface area contributed by atoms with Crippen LogP contribution in [0.2, 0.25) is 0 Å². The summed E-state index contributed by atoms with van der Waals surface area (Å²) in [5.41, 5.74) is 9.09. The number of hydrogen-bond acceptors (Lipinski definition) is 5. The van der Waals surface area contributed by atoms with E-state index in [1.165, 1.54) is 0 Å². The predicted octanol–water partition coefficient (Wildman–Crippen LogP) is 0.741. The number of nitrogens with zero attached hydrogens (tertiary/aromatic N) is 1. The van der Waals surface area contributed by atoms with Gasteiger partial charge in [0.2, 0.25) is 0 Å². The SMILES string of the molecule is NC1(CNCc2cscn2)CCOCC1. The molecule has 5 heteroatoms. The van der Waals surface area contributed by atoms with Crippen molar-refractivity contribution in [1.29, 1.82) is 0 Å². The van der Waals surface area contributed by atoms with E-state index in [4.69, 9.17) is 10.5 Å². The molecular weight excluding hydrogens is 210 g/mol. The monoisotopic (exact) mass is 227 g/mol. The molecule has 0 radical (unpaired) electrons. The second-order valence-corrected chi connectivity index (χ2v) is 4.78. The highest BCUT2D eigenvalue weighted by molar-refractivity contribution is 7.07. The molecule has 0 unspecified atom stereocenters. The minimum absolute atomic E-state index is 0.0890. The van der Waals surface area contributed by atoms with Crippen LogP contribution in [0.1, 0.15) is 18.5 Å². The van der Waals surface area contributed by atoms with E-state index in [0.717, 1.165) is 44.8 Å². The van der Waals surface area contributed by atoms with E-state index < -0.39 is 0 Å². The van der Waals surface area contributed by atoms with Gasteiger partial charge in [-0.1, -0.05) is 0 Å². The Kier molecular flexibility index (Phi) is 3.69. The first-order valence-electron chi connectivity index (χ1n) is 5.23. The fourth-order valence-electron chi connectivity index (χ4n) is 1.72. The Labute approximate surface area is 93.8 Å². The summed E-state index contributed by atoms with van der Waals surface area (Å²) in [5.74, 6) is 0. The third-order valence-electron chi connectivity index (χ3n) is 2.76. The molecule has 84 valence electrons. The lowest BCUT2D eigenvalue weighted by Crippen LogP contribution is -2.52. The van der Waals surface area contributed by atoms with Gasteiger partial charge in [0.15, 0.2) is 0 Å². The second kappa shape index (κ2) is 5.03. The first-order chi connectivity index (χ1) is 7.29. The van der Waals surface area contributed by atoms with Crippen LogP contribution in [0.5, 0.6) is 0 Å². The third kappa shape index (κ3) is 3.24. The second-order valence-electron chi connectivity index (χ2n) is 4.06. The fourth-order valence-corrected chi connectivity index (χ4v) is 2.28. The smallest absolute Gasteiger partial charge is 0.0795 e. The quantitative estimate of drug-likeness (QED) is 0.796. The van der Waals surface area contributed by atoms with Crippen LogP contribution in [0.3, 0.4) is 0 Å². The number of hydrogen-bond donors (Lipinski definition) is 2. The highest BCUT2D eigenvalue weighted by Crippen LogP contribution is 2.16. The molecule has 2 rings (SSSR count). The summed E-state index contributed by atoms with van der Waals surface area (Å²) in [6.45, 7) is 3.22. The van der Waals surface area contributed by atoms with Gasteiger partial charge in [0, 0.05) is 37.2 Å². The van der Waals surface area contributed by atoms with Crippen LogP contribution in [0.25, 0.3) is 0 Å². The standard InChI is InChI=1S/C10H17N3OS/c11-10(1-3-14-4-2-10)7-12-5-9-6-15-8-13-9/h6,8,12H,1-5,7,11H2. The number of thiazole rings is 1. The molecule has 2 heterocycles. The van der Waals surface area contributed by atoms with Gasteiger partial charge in [-0.3, -0.25) is 0 Å². The largest absolute Gasteiger partial charge is 0.381 e. The van der Waals surface area contributed by atoms with Gasteiger partial charge in [0.25, 0.3) is 0 Å². The Hall–Kier alpha value is -0.490. The van der Waals surface area contributed by atoms with Crippen LogP contribution in [-0.2, 0) is 11.3 Å². The summed E-state index contributed by atoms with van der Waals surface area (Å²) in [6.07, 6.45) is 1.88. The van der Waals surface area contributed by atoms with Crippen molar-refractivity contribution in [2.24, 2.45) is 5.73 Å². The minimum atomic E-state index is -0.0890. The van der Waals surface area contributed by atoms with Gasteiger partial charge < -0.3 is 15.8 Å². The van der Waals surface area contributed by atoms with Gasteiger partial charge in [0.05, 0.1) is 11.2 Å². The van der Waals surface area contributed by atoms with Crippen LogP contribution >= 0.6 is 11.3 Å². The highest BCUT2D eigenvalue weighted by atomic mass is 32.1. The van der Waals surface area contributed by atoms with Crippen LogP contribution in [-0.4, -0.2) is 30.3 Å². The molecule has 0 spiro atoms. The lowest BCUT2D eigenvalue weighted by molar-refractivity contribution is 0.0530. The molecule has 1 aliphatic heterocycles. The molecule has 15 heavy (non-hydrogen) atoms. The molecule has 1 fully saturated rings. The highest BCUT2D eigenvalue weighted by Gasteiger charge is 2.27. The first-order valence-corrected chi connectivity index (χ1v) is 6.17. The summed E-state index contributed by atoms with van der Waals surface area (Å²) >= 11 is 1.62. The van der Waals surface area contributed by atoms with Gasteiger partial charge >= 0.3 is 0 Å². The number of aromatic nitrogens is 1. The Balaban J connectivity index is 1.72.